The number of carbonyl (C=O) groups is 2. The zero-order chi connectivity index (χ0) is 35.0. The number of anilines is 6. The number of hydrogen-bond acceptors (Lipinski definition) is 8. The molecule has 0 aliphatic carbocycles. The van der Waals surface area contributed by atoms with E-state index in [0.717, 1.165) is 22.9 Å². The fourth-order valence-corrected chi connectivity index (χ4v) is 4.69. The summed E-state index contributed by atoms with van der Waals surface area (Å²) in [6, 6.07) is 40.7. The van der Waals surface area contributed by atoms with Crippen LogP contribution in [0.25, 0.3) is 0 Å². The van der Waals surface area contributed by atoms with Crippen molar-refractivity contribution < 1.29 is 19.1 Å². The summed E-state index contributed by atoms with van der Waals surface area (Å²) in [6.45, 7) is 5.07. The average Bonchev–Trinajstić information content (AvgIpc) is 3.15. The molecular weight excluding hydrogens is 628 g/mol. The summed E-state index contributed by atoms with van der Waals surface area (Å²) in [4.78, 5) is 33.8. The fourth-order valence-electron chi connectivity index (χ4n) is 4.69. The Morgan fingerprint density at radius 1 is 0.480 bits per heavy atom. The first-order valence-electron chi connectivity index (χ1n) is 16.1. The number of aromatic nitrogens is 2. The molecule has 4 N–H and O–H groups in total. The zero-order valence-electron chi connectivity index (χ0n) is 27.8. The third kappa shape index (κ3) is 10.2. The van der Waals surface area contributed by atoms with Gasteiger partial charge in [0.25, 0.3) is 11.8 Å². The normalized spacial score (nSPS) is 10.1. The highest BCUT2D eigenvalue weighted by molar-refractivity contribution is 6.08. The van der Waals surface area contributed by atoms with Crippen LogP contribution in [0.15, 0.2) is 146 Å². The van der Waals surface area contributed by atoms with E-state index in [0.29, 0.717) is 47.4 Å². The van der Waals surface area contributed by atoms with E-state index in [2.05, 4.69) is 31.2 Å². The van der Waals surface area contributed by atoms with E-state index >= 15 is 0 Å². The van der Waals surface area contributed by atoms with Crippen molar-refractivity contribution in [3.05, 3.63) is 157 Å². The number of nitrogens with one attached hydrogen (secondary N) is 4. The Bertz CT molecular complexity index is 1810. The van der Waals surface area contributed by atoms with Crippen molar-refractivity contribution in [1.82, 2.24) is 9.97 Å². The average molecular weight is 667 g/mol. The molecule has 2 amide bonds. The van der Waals surface area contributed by atoms with Crippen molar-refractivity contribution in [3.8, 4) is 11.5 Å². The molecule has 0 bridgehead atoms. The lowest BCUT2D eigenvalue weighted by molar-refractivity contribution is 0.101. The van der Waals surface area contributed by atoms with E-state index in [9.17, 15) is 9.59 Å². The van der Waals surface area contributed by atoms with Crippen LogP contribution in [0.2, 0.25) is 0 Å². The summed E-state index contributed by atoms with van der Waals surface area (Å²) < 4.78 is 10.8. The first kappa shape index (κ1) is 34.6. The Hall–Kier alpha value is -6.68. The summed E-state index contributed by atoms with van der Waals surface area (Å²) in [6.07, 6.45) is 3.30. The van der Waals surface area contributed by atoms with Crippen molar-refractivity contribution in [2.24, 2.45) is 0 Å². The lowest BCUT2D eigenvalue weighted by Crippen LogP contribution is -2.14. The molecule has 2 aromatic heterocycles. The van der Waals surface area contributed by atoms with Crippen LogP contribution in [0.5, 0.6) is 11.5 Å². The summed E-state index contributed by atoms with van der Waals surface area (Å²) >= 11 is 0. The number of para-hydroxylation sites is 2. The van der Waals surface area contributed by atoms with Gasteiger partial charge < -0.3 is 30.7 Å². The molecule has 0 atom stereocenters. The third-order valence-electron chi connectivity index (χ3n) is 7.02. The van der Waals surface area contributed by atoms with Crippen molar-refractivity contribution in [2.45, 2.75) is 13.8 Å². The first-order valence-corrected chi connectivity index (χ1v) is 16.1. The van der Waals surface area contributed by atoms with Crippen LogP contribution in [-0.2, 0) is 0 Å². The van der Waals surface area contributed by atoms with Gasteiger partial charge in [-0.15, -0.1) is 0 Å². The highest BCUT2D eigenvalue weighted by Crippen LogP contribution is 2.23. The number of nitrogens with zero attached hydrogens (tertiary/aromatic N) is 2. The second kappa shape index (κ2) is 18.0. The number of rotatable bonds is 12. The molecule has 10 heteroatoms. The highest BCUT2D eigenvalue weighted by Gasteiger charge is 2.14. The van der Waals surface area contributed by atoms with Crippen LogP contribution in [0, 0.1) is 0 Å². The predicted octanol–water partition coefficient (Wildman–Crippen LogP) is 8.95. The van der Waals surface area contributed by atoms with Gasteiger partial charge in [0.15, 0.2) is 0 Å². The maximum atomic E-state index is 12.6. The predicted molar refractivity (Wildman–Crippen MR) is 199 cm³/mol. The molecule has 0 radical (unpaired) electrons. The van der Waals surface area contributed by atoms with Gasteiger partial charge in [0.05, 0.1) is 24.3 Å². The molecule has 0 aliphatic heterocycles. The van der Waals surface area contributed by atoms with Crippen LogP contribution >= 0.6 is 0 Å². The molecule has 4 aromatic carbocycles. The van der Waals surface area contributed by atoms with Crippen LogP contribution in [0.3, 0.4) is 0 Å². The number of pyridine rings is 2. The standard InChI is InChI=1S/2C20H19N3O2/c2*1-2-25-17-12-10-16(11-13-17)23-20(24)18-9-6-14-21-19(18)22-15-7-4-3-5-8-15/h2*3-14H,2H2,1H3,(H,21,22)(H,23,24). The molecular formula is C40H38N6O4. The topological polar surface area (TPSA) is 127 Å². The van der Waals surface area contributed by atoms with Gasteiger partial charge in [0, 0.05) is 35.1 Å². The Labute approximate surface area is 291 Å². The van der Waals surface area contributed by atoms with Gasteiger partial charge in [0.2, 0.25) is 0 Å². The number of ether oxygens (including phenoxy) is 2. The second-order valence-corrected chi connectivity index (χ2v) is 10.6. The highest BCUT2D eigenvalue weighted by atomic mass is 16.5. The van der Waals surface area contributed by atoms with Crippen molar-refractivity contribution >= 4 is 46.2 Å². The summed E-state index contributed by atoms with van der Waals surface area (Å²) in [5, 5.41) is 12.1. The molecule has 0 saturated heterocycles. The maximum absolute atomic E-state index is 12.6. The molecule has 0 spiro atoms. The number of carbonyl (C=O) groups excluding carboxylic acids is 2. The van der Waals surface area contributed by atoms with Crippen molar-refractivity contribution in [2.75, 3.05) is 34.5 Å². The quantitative estimate of drug-likeness (QED) is 0.102. The number of amides is 2. The molecule has 50 heavy (non-hydrogen) atoms. The van der Waals surface area contributed by atoms with Crippen LogP contribution in [0.4, 0.5) is 34.4 Å². The minimum absolute atomic E-state index is 0.226. The summed E-state index contributed by atoms with van der Waals surface area (Å²) in [7, 11) is 0. The largest absolute Gasteiger partial charge is 0.494 e. The SMILES string of the molecule is CCOc1ccc(NC(=O)c2cccnc2Nc2ccccc2)cc1.CCOc1ccc(NC(=O)c2cccnc2Nc2ccccc2)cc1. The smallest absolute Gasteiger partial charge is 0.259 e. The molecule has 2 heterocycles. The molecule has 252 valence electrons. The molecule has 0 aliphatic rings. The monoisotopic (exact) mass is 666 g/mol. The van der Waals surface area contributed by atoms with E-state index in [1.807, 2.05) is 123 Å². The Kier molecular flexibility index (Phi) is 12.5. The third-order valence-corrected chi connectivity index (χ3v) is 7.02. The van der Waals surface area contributed by atoms with Gasteiger partial charge >= 0.3 is 0 Å². The first-order chi connectivity index (χ1) is 24.5. The van der Waals surface area contributed by atoms with E-state index in [4.69, 9.17) is 9.47 Å². The summed E-state index contributed by atoms with van der Waals surface area (Å²) in [5.74, 6) is 2.11. The van der Waals surface area contributed by atoms with Gasteiger partial charge in [-0.1, -0.05) is 36.4 Å². The second-order valence-electron chi connectivity index (χ2n) is 10.6. The Balaban J connectivity index is 0.000000194. The molecule has 6 aromatic rings. The minimum atomic E-state index is -0.226. The van der Waals surface area contributed by atoms with Crippen molar-refractivity contribution in [3.63, 3.8) is 0 Å². The maximum Gasteiger partial charge on any atom is 0.259 e. The van der Waals surface area contributed by atoms with E-state index in [-0.39, 0.29) is 11.8 Å². The molecule has 6 rings (SSSR count). The van der Waals surface area contributed by atoms with E-state index in [1.165, 1.54) is 0 Å². The van der Waals surface area contributed by atoms with Crippen molar-refractivity contribution in [1.29, 1.82) is 0 Å². The van der Waals surface area contributed by atoms with Gasteiger partial charge in [-0.3, -0.25) is 9.59 Å². The van der Waals surface area contributed by atoms with Gasteiger partial charge in [-0.2, -0.15) is 0 Å². The van der Waals surface area contributed by atoms with Gasteiger partial charge in [-0.05, 0) is 111 Å². The molecule has 0 unspecified atom stereocenters. The Morgan fingerprint density at radius 3 is 1.22 bits per heavy atom. The van der Waals surface area contributed by atoms with Gasteiger partial charge in [0.1, 0.15) is 23.1 Å². The number of benzene rings is 4. The Morgan fingerprint density at radius 2 is 0.860 bits per heavy atom. The lowest BCUT2D eigenvalue weighted by atomic mass is 10.2. The molecule has 0 fully saturated rings. The lowest BCUT2D eigenvalue weighted by Gasteiger charge is -2.11. The van der Waals surface area contributed by atoms with E-state index < -0.39 is 0 Å². The number of hydrogen-bond donors (Lipinski definition) is 4. The van der Waals surface area contributed by atoms with Crippen LogP contribution < -0.4 is 30.7 Å². The molecule has 0 saturated carbocycles. The van der Waals surface area contributed by atoms with Gasteiger partial charge in [-0.25, -0.2) is 9.97 Å². The molecule has 10 nitrogen and oxygen atoms in total. The fraction of sp³-hybridized carbons (Fsp3) is 0.100. The van der Waals surface area contributed by atoms with E-state index in [1.54, 1.807) is 36.7 Å². The minimum Gasteiger partial charge on any atom is -0.494 e. The van der Waals surface area contributed by atoms with Crippen LogP contribution in [0.1, 0.15) is 34.6 Å². The summed E-state index contributed by atoms with van der Waals surface area (Å²) in [5.41, 5.74) is 4.08. The zero-order valence-corrected chi connectivity index (χ0v) is 27.8. The van der Waals surface area contributed by atoms with Crippen LogP contribution in [-0.4, -0.2) is 35.0 Å².